The van der Waals surface area contributed by atoms with Crippen molar-refractivity contribution in [2.45, 2.75) is 6.92 Å². The zero-order valence-corrected chi connectivity index (χ0v) is 23.1. The van der Waals surface area contributed by atoms with Gasteiger partial charge in [-0.3, -0.25) is 0 Å². The molecule has 0 amide bonds. The summed E-state index contributed by atoms with van der Waals surface area (Å²) in [5, 5.41) is 11.4. The molecule has 3 heteroatoms. The summed E-state index contributed by atoms with van der Waals surface area (Å²) in [6.07, 6.45) is 3.72. The van der Waals surface area contributed by atoms with Crippen LogP contribution in [0.15, 0.2) is 116 Å². The van der Waals surface area contributed by atoms with E-state index in [-0.39, 0.29) is 20.1 Å². The maximum absolute atomic E-state index is 4.78. The second kappa shape index (κ2) is 9.95. The smallest absolute Gasteiger partial charge is 0.0167 e. The quantitative estimate of drug-likeness (QED) is 0.0997. The normalized spacial score (nSPS) is 11.1. The summed E-state index contributed by atoms with van der Waals surface area (Å²) in [4.78, 5) is 9.00. The van der Waals surface area contributed by atoms with Gasteiger partial charge < -0.3 is 9.97 Å². The molecule has 8 rings (SSSR count). The van der Waals surface area contributed by atoms with Gasteiger partial charge in [0.25, 0.3) is 0 Å². The molecule has 0 aliphatic heterocycles. The molecule has 0 fully saturated rings. The van der Waals surface area contributed by atoms with Gasteiger partial charge in [-0.25, -0.2) is 0 Å². The van der Waals surface area contributed by atoms with Crippen LogP contribution in [0.5, 0.6) is 0 Å². The van der Waals surface area contributed by atoms with Crippen molar-refractivity contribution in [1.29, 1.82) is 0 Å². The molecule has 38 heavy (non-hydrogen) atoms. The predicted octanol–water partition coefficient (Wildman–Crippen LogP) is 8.94. The first-order valence-corrected chi connectivity index (χ1v) is 12.4. The van der Waals surface area contributed by atoms with E-state index in [1.807, 2.05) is 48.7 Å². The molecule has 2 heterocycles. The van der Waals surface area contributed by atoms with Gasteiger partial charge in [0.2, 0.25) is 0 Å². The second-order valence-electron chi connectivity index (χ2n) is 9.28. The van der Waals surface area contributed by atoms with Crippen LogP contribution in [0.4, 0.5) is 0 Å². The van der Waals surface area contributed by atoms with Crippen molar-refractivity contribution < 1.29 is 20.1 Å². The van der Waals surface area contributed by atoms with Crippen LogP contribution in [0.3, 0.4) is 0 Å². The number of aryl methyl sites for hydroxylation is 1. The van der Waals surface area contributed by atoms with E-state index in [0.29, 0.717) is 0 Å². The van der Waals surface area contributed by atoms with Crippen LogP contribution in [0.2, 0.25) is 0 Å². The van der Waals surface area contributed by atoms with Gasteiger partial charge in [-0.15, -0.1) is 65.0 Å². The van der Waals surface area contributed by atoms with Gasteiger partial charge in [0.15, 0.2) is 0 Å². The fourth-order valence-corrected chi connectivity index (χ4v) is 5.44. The number of fused-ring (bicyclic) bond motifs is 6. The maximum atomic E-state index is 4.78. The van der Waals surface area contributed by atoms with E-state index < -0.39 is 0 Å². The van der Waals surface area contributed by atoms with E-state index in [1.165, 1.54) is 43.1 Å². The van der Waals surface area contributed by atoms with Gasteiger partial charge >= 0.3 is 0 Å². The monoisotopic (exact) mass is 663 g/mol. The minimum absolute atomic E-state index is 0. The van der Waals surface area contributed by atoms with Crippen LogP contribution >= 0.6 is 0 Å². The summed E-state index contributed by atoms with van der Waals surface area (Å²) in [6.45, 7) is 2.09. The van der Waals surface area contributed by atoms with Crippen molar-refractivity contribution in [1.82, 2.24) is 9.97 Å². The Labute approximate surface area is 234 Å². The molecule has 0 N–H and O–H groups in total. The first-order valence-electron chi connectivity index (χ1n) is 12.4. The molecule has 0 spiro atoms. The number of pyridine rings is 2. The number of aromatic nitrogens is 2. The summed E-state index contributed by atoms with van der Waals surface area (Å²) < 4.78 is 0. The van der Waals surface area contributed by atoms with Crippen molar-refractivity contribution in [2.24, 2.45) is 0 Å². The average molecular weight is 663 g/mol. The third kappa shape index (κ3) is 3.92. The van der Waals surface area contributed by atoms with Crippen LogP contribution in [0.1, 0.15) is 5.56 Å². The molecule has 1 radical (unpaired) electrons. The number of hydrogen-bond acceptors (Lipinski definition) is 2. The van der Waals surface area contributed by atoms with E-state index in [1.54, 1.807) is 6.20 Å². The summed E-state index contributed by atoms with van der Waals surface area (Å²) >= 11 is 0. The Hall–Kier alpha value is -4.17. The summed E-state index contributed by atoms with van der Waals surface area (Å²) in [5.74, 6) is 0. The first kappa shape index (κ1) is 24.2. The van der Waals surface area contributed by atoms with Crippen molar-refractivity contribution in [3.8, 4) is 11.3 Å². The van der Waals surface area contributed by atoms with Crippen LogP contribution in [-0.2, 0) is 20.1 Å². The molecule has 6 aromatic carbocycles. The largest absolute Gasteiger partial charge is 0.305 e. The third-order valence-electron chi connectivity index (χ3n) is 7.04. The Bertz CT molecular complexity index is 2000. The van der Waals surface area contributed by atoms with Crippen molar-refractivity contribution >= 4 is 54.0 Å². The van der Waals surface area contributed by atoms with Gasteiger partial charge in [-0.2, -0.15) is 0 Å². The zero-order chi connectivity index (χ0) is 24.8. The standard InChI is InChI=1S/C24H14N.C11H8N.Ir/c1-14-9-10-17-19-8-4-7-18-15-5-2-3-6-16(15)20-11-12-25-24(21(17)13-14)23(20)22(18)19;1-2-6-10(7-3-1)11-8-4-5-9-12-11;/h2-12H,1H3;1-6,8-9H;/q2*-1;. The Morgan fingerprint density at radius 2 is 1.26 bits per heavy atom. The van der Waals surface area contributed by atoms with Crippen molar-refractivity contribution in [3.63, 3.8) is 0 Å². The number of rotatable bonds is 1. The number of hydrogen-bond donors (Lipinski definition) is 0. The van der Waals surface area contributed by atoms with Gasteiger partial charge in [-0.05, 0) is 55.7 Å². The molecular weight excluding hydrogens is 641 g/mol. The zero-order valence-electron chi connectivity index (χ0n) is 20.7. The maximum Gasteiger partial charge on any atom is 0.0167 e. The Morgan fingerprint density at radius 3 is 2.00 bits per heavy atom. The summed E-state index contributed by atoms with van der Waals surface area (Å²) in [6, 6.07) is 42.2. The van der Waals surface area contributed by atoms with E-state index in [0.717, 1.165) is 27.7 Å². The molecule has 0 saturated heterocycles. The summed E-state index contributed by atoms with van der Waals surface area (Å²) in [5.41, 5.74) is 4.22. The molecule has 2 aromatic heterocycles. The Kier molecular flexibility index (Phi) is 6.33. The minimum Gasteiger partial charge on any atom is -0.305 e. The predicted molar refractivity (Wildman–Crippen MR) is 155 cm³/mol. The Balaban J connectivity index is 0.000000172. The molecule has 0 atom stereocenters. The number of nitrogens with zero attached hydrogens (tertiary/aromatic N) is 2. The van der Waals surface area contributed by atoms with Gasteiger partial charge in [0, 0.05) is 32.5 Å². The molecule has 0 saturated carbocycles. The fraction of sp³-hybridized carbons (Fsp3) is 0.0286. The fourth-order valence-electron chi connectivity index (χ4n) is 5.44. The minimum atomic E-state index is 0. The molecule has 8 aromatic rings. The van der Waals surface area contributed by atoms with Crippen LogP contribution in [0, 0.1) is 19.1 Å². The molecule has 2 nitrogen and oxygen atoms in total. The van der Waals surface area contributed by atoms with Gasteiger partial charge in [0.1, 0.15) is 0 Å². The SMILES string of the molecule is Cc1[c-]c2c(cc1)c1cccc3c4ccccc4c4ccnc2c4c13.[Ir].[c-]1ccccc1-c1ccccn1. The molecular formula is C35H22IrN2-2. The molecule has 0 aliphatic carbocycles. The molecule has 0 aliphatic rings. The Morgan fingerprint density at radius 1 is 0.553 bits per heavy atom. The van der Waals surface area contributed by atoms with Gasteiger partial charge in [0.05, 0.1) is 0 Å². The van der Waals surface area contributed by atoms with Crippen LogP contribution in [-0.4, -0.2) is 9.97 Å². The summed E-state index contributed by atoms with van der Waals surface area (Å²) in [7, 11) is 0. The van der Waals surface area contributed by atoms with E-state index in [4.69, 9.17) is 4.98 Å². The molecule has 0 bridgehead atoms. The van der Waals surface area contributed by atoms with Crippen molar-refractivity contribution in [2.75, 3.05) is 0 Å². The second-order valence-corrected chi connectivity index (χ2v) is 9.28. The topological polar surface area (TPSA) is 25.8 Å². The number of benzene rings is 6. The third-order valence-corrected chi connectivity index (χ3v) is 7.04. The van der Waals surface area contributed by atoms with Crippen molar-refractivity contribution in [3.05, 3.63) is 133 Å². The van der Waals surface area contributed by atoms with E-state index in [9.17, 15) is 0 Å². The van der Waals surface area contributed by atoms with Gasteiger partial charge in [-0.1, -0.05) is 72.3 Å². The molecule has 183 valence electrons. The van der Waals surface area contributed by atoms with Crippen LogP contribution in [0.25, 0.3) is 65.3 Å². The van der Waals surface area contributed by atoms with Crippen LogP contribution < -0.4 is 0 Å². The average Bonchev–Trinajstić information content (AvgIpc) is 2.98. The first-order chi connectivity index (χ1) is 18.3. The molecule has 0 unspecified atom stereocenters. The van der Waals surface area contributed by atoms with E-state index >= 15 is 0 Å². The van der Waals surface area contributed by atoms with E-state index in [2.05, 4.69) is 84.7 Å².